The molecule has 7 heteroatoms. The second-order valence-corrected chi connectivity index (χ2v) is 6.91. The summed E-state index contributed by atoms with van der Waals surface area (Å²) in [4.78, 5) is 6.64. The summed E-state index contributed by atoms with van der Waals surface area (Å²) in [5.41, 5.74) is 2.04. The number of unbranched alkanes of at least 4 members (excludes halogenated alkanes) is 2. The highest BCUT2D eigenvalue weighted by Crippen LogP contribution is 2.21. The molecule has 0 saturated carbocycles. The lowest BCUT2D eigenvalue weighted by Crippen LogP contribution is -2.23. The first-order valence-corrected chi connectivity index (χ1v) is 9.82. The number of rotatable bonds is 11. The van der Waals surface area contributed by atoms with E-state index < -0.39 is 0 Å². The number of furan rings is 1. The van der Waals surface area contributed by atoms with E-state index in [1.807, 2.05) is 18.2 Å². The van der Waals surface area contributed by atoms with Crippen molar-refractivity contribution < 1.29 is 8.81 Å². The Bertz CT molecular complexity index is 846. The van der Waals surface area contributed by atoms with Crippen LogP contribution in [0.25, 0.3) is 11.6 Å². The SMILES string of the molecule is CCCCCN(C)c1ccc(F)cc1CNCCc1nc(-c2ccco2)n[nH]1. The molecule has 3 rings (SSSR count). The average molecular weight is 385 g/mol. The molecule has 0 radical (unpaired) electrons. The lowest BCUT2D eigenvalue weighted by Gasteiger charge is -2.23. The largest absolute Gasteiger partial charge is 0.461 e. The molecule has 150 valence electrons. The van der Waals surface area contributed by atoms with E-state index in [0.717, 1.165) is 30.0 Å². The van der Waals surface area contributed by atoms with Gasteiger partial charge in [0, 0.05) is 38.8 Å². The Morgan fingerprint density at radius 1 is 1.25 bits per heavy atom. The molecular weight excluding hydrogens is 357 g/mol. The monoisotopic (exact) mass is 385 g/mol. The van der Waals surface area contributed by atoms with Crippen LogP contribution in [0.3, 0.4) is 0 Å². The number of anilines is 1. The van der Waals surface area contributed by atoms with Gasteiger partial charge in [0.25, 0.3) is 0 Å². The number of aromatic amines is 1. The van der Waals surface area contributed by atoms with Crippen molar-refractivity contribution in [3.05, 3.63) is 53.8 Å². The van der Waals surface area contributed by atoms with Gasteiger partial charge in [0.05, 0.1) is 6.26 Å². The zero-order valence-electron chi connectivity index (χ0n) is 16.5. The van der Waals surface area contributed by atoms with Gasteiger partial charge in [-0.1, -0.05) is 19.8 Å². The van der Waals surface area contributed by atoms with Crippen LogP contribution in [0.15, 0.2) is 41.0 Å². The Balaban J connectivity index is 1.52. The van der Waals surface area contributed by atoms with Gasteiger partial charge in [-0.15, -0.1) is 0 Å². The van der Waals surface area contributed by atoms with Gasteiger partial charge >= 0.3 is 0 Å². The van der Waals surface area contributed by atoms with Crippen LogP contribution in [0.4, 0.5) is 10.1 Å². The van der Waals surface area contributed by atoms with Crippen molar-refractivity contribution in [2.75, 3.05) is 25.0 Å². The maximum absolute atomic E-state index is 13.8. The Labute approximate surface area is 165 Å². The van der Waals surface area contributed by atoms with Crippen LogP contribution in [0.2, 0.25) is 0 Å². The Morgan fingerprint density at radius 3 is 2.93 bits per heavy atom. The maximum Gasteiger partial charge on any atom is 0.216 e. The zero-order chi connectivity index (χ0) is 19.8. The van der Waals surface area contributed by atoms with Crippen molar-refractivity contribution >= 4 is 5.69 Å². The molecule has 28 heavy (non-hydrogen) atoms. The number of H-pyrrole nitrogens is 1. The van der Waals surface area contributed by atoms with Gasteiger partial charge < -0.3 is 14.6 Å². The van der Waals surface area contributed by atoms with Crippen LogP contribution in [0, 0.1) is 5.82 Å². The summed E-state index contributed by atoms with van der Waals surface area (Å²) in [5.74, 6) is 1.78. The molecule has 1 aromatic carbocycles. The molecule has 0 saturated heterocycles. The Kier molecular flexibility index (Phi) is 7.19. The van der Waals surface area contributed by atoms with Gasteiger partial charge in [-0.25, -0.2) is 9.37 Å². The molecule has 6 nitrogen and oxygen atoms in total. The number of hydrogen-bond donors (Lipinski definition) is 2. The maximum atomic E-state index is 13.8. The predicted octanol–water partition coefficient (Wildman–Crippen LogP) is 4.16. The van der Waals surface area contributed by atoms with E-state index in [1.165, 1.54) is 18.9 Å². The molecule has 0 bridgehead atoms. The standard InChI is InChI=1S/C21H28FN5O/c1-3-4-5-12-27(2)18-9-8-17(22)14-16(18)15-23-11-10-20-24-21(26-25-20)19-7-6-13-28-19/h6-9,13-14,23H,3-5,10-12,15H2,1-2H3,(H,24,25,26). The normalized spacial score (nSPS) is 11.1. The molecule has 0 aliphatic rings. The second kappa shape index (κ2) is 10.0. The predicted molar refractivity (Wildman–Crippen MR) is 109 cm³/mol. The number of hydrogen-bond acceptors (Lipinski definition) is 5. The van der Waals surface area contributed by atoms with Gasteiger partial charge in [0.1, 0.15) is 11.6 Å². The fourth-order valence-electron chi connectivity index (χ4n) is 3.14. The number of halogens is 1. The van der Waals surface area contributed by atoms with Crippen molar-refractivity contribution in [3.8, 4) is 11.6 Å². The molecule has 0 aliphatic carbocycles. The molecule has 0 amide bonds. The van der Waals surface area contributed by atoms with E-state index in [0.29, 0.717) is 31.1 Å². The summed E-state index contributed by atoms with van der Waals surface area (Å²) in [7, 11) is 2.07. The topological polar surface area (TPSA) is 70.0 Å². The molecule has 0 spiro atoms. The van der Waals surface area contributed by atoms with E-state index in [1.54, 1.807) is 12.3 Å². The first-order valence-electron chi connectivity index (χ1n) is 9.82. The lowest BCUT2D eigenvalue weighted by atomic mass is 10.1. The molecule has 2 N–H and O–H groups in total. The molecule has 0 fully saturated rings. The van der Waals surface area contributed by atoms with Crippen molar-refractivity contribution in [1.82, 2.24) is 20.5 Å². The van der Waals surface area contributed by atoms with Crippen LogP contribution in [0.1, 0.15) is 37.6 Å². The number of nitrogens with zero attached hydrogens (tertiary/aromatic N) is 3. The second-order valence-electron chi connectivity index (χ2n) is 6.91. The van der Waals surface area contributed by atoms with Crippen molar-refractivity contribution in [3.63, 3.8) is 0 Å². The fraction of sp³-hybridized carbons (Fsp3) is 0.429. The molecular formula is C21H28FN5O. The lowest BCUT2D eigenvalue weighted by molar-refractivity contribution is 0.577. The van der Waals surface area contributed by atoms with Crippen LogP contribution in [0.5, 0.6) is 0 Å². The average Bonchev–Trinajstić information content (AvgIpc) is 3.37. The van der Waals surface area contributed by atoms with E-state index >= 15 is 0 Å². The summed E-state index contributed by atoms with van der Waals surface area (Å²) in [5, 5.41) is 10.5. The van der Waals surface area contributed by atoms with E-state index in [4.69, 9.17) is 4.42 Å². The summed E-state index contributed by atoms with van der Waals surface area (Å²) in [6.07, 6.45) is 5.83. The van der Waals surface area contributed by atoms with Crippen LogP contribution in [-0.2, 0) is 13.0 Å². The molecule has 0 unspecified atom stereocenters. The van der Waals surface area contributed by atoms with Gasteiger partial charge in [0.15, 0.2) is 5.76 Å². The van der Waals surface area contributed by atoms with Crippen molar-refractivity contribution in [2.24, 2.45) is 0 Å². The zero-order valence-corrected chi connectivity index (χ0v) is 16.5. The van der Waals surface area contributed by atoms with Crippen LogP contribution in [-0.4, -0.2) is 35.3 Å². The summed E-state index contributed by atoms with van der Waals surface area (Å²) in [6.45, 7) is 4.48. The highest BCUT2D eigenvalue weighted by atomic mass is 19.1. The number of nitrogens with one attached hydrogen (secondary N) is 2. The van der Waals surface area contributed by atoms with Gasteiger partial charge in [-0.05, 0) is 42.3 Å². The van der Waals surface area contributed by atoms with Gasteiger partial charge in [-0.3, -0.25) is 5.10 Å². The highest BCUT2D eigenvalue weighted by molar-refractivity contribution is 5.53. The molecule has 2 heterocycles. The van der Waals surface area contributed by atoms with Crippen LogP contribution < -0.4 is 10.2 Å². The van der Waals surface area contributed by atoms with E-state index in [2.05, 4.69) is 39.4 Å². The Morgan fingerprint density at radius 2 is 2.14 bits per heavy atom. The highest BCUT2D eigenvalue weighted by Gasteiger charge is 2.10. The molecule has 0 aliphatic heterocycles. The smallest absolute Gasteiger partial charge is 0.216 e. The minimum Gasteiger partial charge on any atom is -0.461 e. The first-order chi connectivity index (χ1) is 13.7. The minimum absolute atomic E-state index is 0.208. The summed E-state index contributed by atoms with van der Waals surface area (Å²) < 4.78 is 19.0. The fourth-order valence-corrected chi connectivity index (χ4v) is 3.14. The quantitative estimate of drug-likeness (QED) is 0.485. The van der Waals surface area contributed by atoms with E-state index in [9.17, 15) is 4.39 Å². The number of benzene rings is 1. The molecule has 0 atom stereocenters. The van der Waals surface area contributed by atoms with Crippen molar-refractivity contribution in [1.29, 1.82) is 0 Å². The Hall–Kier alpha value is -2.67. The number of aromatic nitrogens is 3. The summed E-state index contributed by atoms with van der Waals surface area (Å²) in [6, 6.07) is 8.64. The third kappa shape index (κ3) is 5.42. The van der Waals surface area contributed by atoms with Gasteiger partial charge in [-0.2, -0.15) is 5.10 Å². The molecule has 2 aromatic heterocycles. The van der Waals surface area contributed by atoms with Crippen molar-refractivity contribution in [2.45, 2.75) is 39.2 Å². The van der Waals surface area contributed by atoms with E-state index in [-0.39, 0.29) is 5.82 Å². The third-order valence-electron chi connectivity index (χ3n) is 4.68. The summed E-state index contributed by atoms with van der Waals surface area (Å²) >= 11 is 0. The first kappa shape index (κ1) is 20.1. The molecule has 3 aromatic rings. The minimum atomic E-state index is -0.208. The van der Waals surface area contributed by atoms with Gasteiger partial charge in [0.2, 0.25) is 5.82 Å². The van der Waals surface area contributed by atoms with Crippen LogP contribution >= 0.6 is 0 Å². The third-order valence-corrected chi connectivity index (χ3v) is 4.68.